The minimum Gasteiger partial charge on any atom is -0.325 e. The van der Waals surface area contributed by atoms with Crippen LogP contribution in [-0.2, 0) is 14.8 Å². The lowest BCUT2D eigenvalue weighted by Gasteiger charge is -2.36. The number of nitriles is 1. The van der Waals surface area contributed by atoms with Gasteiger partial charge in [0.25, 0.3) is 0 Å². The Labute approximate surface area is 185 Å². The number of piperazine rings is 1. The molecule has 2 aromatic rings. The lowest BCUT2D eigenvalue weighted by molar-refractivity contribution is -0.121. The summed E-state index contributed by atoms with van der Waals surface area (Å²) in [6.07, 6.45) is 0. The monoisotopic (exact) mass is 466 g/mol. The number of nitrogens with zero attached hydrogens (tertiary/aromatic N) is 3. The van der Waals surface area contributed by atoms with Gasteiger partial charge in [-0.1, -0.05) is 29.3 Å². The number of halogens is 2. The van der Waals surface area contributed by atoms with Crippen LogP contribution in [0.3, 0.4) is 0 Å². The third kappa shape index (κ3) is 4.94. The van der Waals surface area contributed by atoms with E-state index in [4.69, 9.17) is 28.5 Å². The lowest BCUT2D eigenvalue weighted by atomic mass is 10.2. The molecule has 1 N–H and O–H groups in total. The molecule has 10 heteroatoms. The summed E-state index contributed by atoms with van der Waals surface area (Å²) < 4.78 is 27.2. The highest BCUT2D eigenvalue weighted by atomic mass is 35.5. The molecule has 1 aliphatic rings. The largest absolute Gasteiger partial charge is 0.325 e. The summed E-state index contributed by atoms with van der Waals surface area (Å²) in [6, 6.07) is 12.6. The smallest absolute Gasteiger partial charge is 0.244 e. The van der Waals surface area contributed by atoms with Crippen molar-refractivity contribution >= 4 is 44.8 Å². The number of carbonyl (C=O) groups is 1. The van der Waals surface area contributed by atoms with Crippen molar-refractivity contribution in [3.63, 3.8) is 0 Å². The molecule has 7 nitrogen and oxygen atoms in total. The first-order valence-electron chi connectivity index (χ1n) is 9.22. The molecule has 0 aromatic heterocycles. The quantitative estimate of drug-likeness (QED) is 0.729. The molecular weight excluding hydrogens is 447 g/mol. The van der Waals surface area contributed by atoms with Gasteiger partial charge in [0.05, 0.1) is 22.7 Å². The van der Waals surface area contributed by atoms with Crippen LogP contribution in [0.2, 0.25) is 10.0 Å². The van der Waals surface area contributed by atoms with Gasteiger partial charge in [0.15, 0.2) is 0 Å². The van der Waals surface area contributed by atoms with E-state index in [1.165, 1.54) is 22.5 Å². The van der Waals surface area contributed by atoms with Crippen LogP contribution in [0, 0.1) is 11.3 Å². The molecule has 0 spiro atoms. The molecule has 158 valence electrons. The summed E-state index contributed by atoms with van der Waals surface area (Å²) in [5.74, 6) is -0.223. The van der Waals surface area contributed by atoms with Crippen LogP contribution in [0.1, 0.15) is 12.5 Å². The number of rotatable bonds is 5. The third-order valence-corrected chi connectivity index (χ3v) is 7.59. The fourth-order valence-electron chi connectivity index (χ4n) is 3.22. The van der Waals surface area contributed by atoms with E-state index in [9.17, 15) is 13.2 Å². The van der Waals surface area contributed by atoms with E-state index in [1.54, 1.807) is 31.2 Å². The number of benzene rings is 2. The Hall–Kier alpha value is -2.15. The number of carbonyl (C=O) groups excluding carboxylic acids is 1. The van der Waals surface area contributed by atoms with Crippen molar-refractivity contribution in [2.45, 2.75) is 17.9 Å². The van der Waals surface area contributed by atoms with Gasteiger partial charge in [-0.2, -0.15) is 9.57 Å². The normalized spacial score (nSPS) is 16.6. The number of anilines is 1. The fourth-order valence-corrected chi connectivity index (χ4v) is 5.38. The molecule has 0 bridgehead atoms. The standard InChI is InChI=1S/C20H20Cl2N4O3S/c1-14(20(27)24-17-4-2-3-15(11-17)13-23)25-7-9-26(10-8-25)30(28,29)19-12-16(21)5-6-18(19)22/h2-6,11-12,14H,7-10H2,1H3,(H,24,27)/t14-/m1/s1. The molecule has 1 fully saturated rings. The maximum Gasteiger partial charge on any atom is 0.244 e. The highest BCUT2D eigenvalue weighted by Crippen LogP contribution is 2.28. The Bertz CT molecular complexity index is 1090. The Morgan fingerprint density at radius 1 is 1.13 bits per heavy atom. The number of amides is 1. The van der Waals surface area contributed by atoms with Gasteiger partial charge >= 0.3 is 0 Å². The van der Waals surface area contributed by atoms with E-state index in [-0.39, 0.29) is 28.9 Å². The van der Waals surface area contributed by atoms with Crippen molar-refractivity contribution in [2.24, 2.45) is 0 Å². The molecule has 2 aromatic carbocycles. The van der Waals surface area contributed by atoms with E-state index < -0.39 is 16.1 Å². The molecule has 1 amide bonds. The zero-order valence-electron chi connectivity index (χ0n) is 16.2. The minimum atomic E-state index is -3.78. The van der Waals surface area contributed by atoms with Crippen LogP contribution in [0.5, 0.6) is 0 Å². The number of hydrogen-bond donors (Lipinski definition) is 1. The van der Waals surface area contributed by atoms with Crippen molar-refractivity contribution in [2.75, 3.05) is 31.5 Å². The maximum atomic E-state index is 12.9. The van der Waals surface area contributed by atoms with Crippen LogP contribution in [-0.4, -0.2) is 55.8 Å². The van der Waals surface area contributed by atoms with Crippen molar-refractivity contribution in [3.05, 3.63) is 58.1 Å². The van der Waals surface area contributed by atoms with Crippen LogP contribution < -0.4 is 5.32 Å². The maximum absolute atomic E-state index is 12.9. The average Bonchev–Trinajstić information content (AvgIpc) is 2.75. The average molecular weight is 467 g/mol. The fraction of sp³-hybridized carbons (Fsp3) is 0.300. The first kappa shape index (κ1) is 22.5. The Morgan fingerprint density at radius 3 is 2.50 bits per heavy atom. The molecule has 0 radical (unpaired) electrons. The van der Waals surface area contributed by atoms with Crippen molar-refractivity contribution in [3.8, 4) is 6.07 Å². The highest BCUT2D eigenvalue weighted by molar-refractivity contribution is 7.89. The van der Waals surface area contributed by atoms with Crippen LogP contribution in [0.15, 0.2) is 47.4 Å². The van der Waals surface area contributed by atoms with E-state index in [0.29, 0.717) is 29.4 Å². The Balaban J connectivity index is 1.63. The van der Waals surface area contributed by atoms with Gasteiger partial charge in [0.1, 0.15) is 4.90 Å². The number of sulfonamides is 1. The summed E-state index contributed by atoms with van der Waals surface area (Å²) in [7, 11) is -3.78. The molecule has 1 heterocycles. The second-order valence-electron chi connectivity index (χ2n) is 6.87. The van der Waals surface area contributed by atoms with Gasteiger partial charge in [-0.3, -0.25) is 9.69 Å². The first-order chi connectivity index (χ1) is 14.2. The molecule has 30 heavy (non-hydrogen) atoms. The van der Waals surface area contributed by atoms with Crippen molar-refractivity contribution in [1.29, 1.82) is 5.26 Å². The predicted molar refractivity (Wildman–Crippen MR) is 116 cm³/mol. The summed E-state index contributed by atoms with van der Waals surface area (Å²) >= 11 is 12.0. The third-order valence-electron chi connectivity index (χ3n) is 4.97. The van der Waals surface area contributed by atoms with Gasteiger partial charge in [-0.15, -0.1) is 0 Å². The van der Waals surface area contributed by atoms with Gasteiger partial charge in [-0.25, -0.2) is 8.42 Å². The Kier molecular flexibility index (Phi) is 7.01. The topological polar surface area (TPSA) is 93.5 Å². The SMILES string of the molecule is C[C@H](C(=O)Nc1cccc(C#N)c1)N1CCN(S(=O)(=O)c2cc(Cl)ccc2Cl)CC1. The van der Waals surface area contributed by atoms with Gasteiger partial charge in [0, 0.05) is 36.9 Å². The number of nitrogens with one attached hydrogen (secondary N) is 1. The Morgan fingerprint density at radius 2 is 1.83 bits per heavy atom. The first-order valence-corrected chi connectivity index (χ1v) is 11.4. The minimum absolute atomic E-state index is 0.0201. The van der Waals surface area contributed by atoms with E-state index in [2.05, 4.69) is 5.32 Å². The predicted octanol–water partition coefficient (Wildman–Crippen LogP) is 3.20. The summed E-state index contributed by atoms with van der Waals surface area (Å²) in [5.41, 5.74) is 1.00. The molecule has 1 aliphatic heterocycles. The van der Waals surface area contributed by atoms with E-state index in [0.717, 1.165) is 0 Å². The molecule has 1 atom stereocenters. The van der Waals surface area contributed by atoms with Crippen LogP contribution >= 0.6 is 23.2 Å². The second kappa shape index (κ2) is 9.33. The van der Waals surface area contributed by atoms with Crippen LogP contribution in [0.25, 0.3) is 0 Å². The second-order valence-corrected chi connectivity index (χ2v) is 9.62. The van der Waals surface area contributed by atoms with Crippen molar-refractivity contribution in [1.82, 2.24) is 9.21 Å². The summed E-state index contributed by atoms with van der Waals surface area (Å²) in [4.78, 5) is 14.5. The van der Waals surface area contributed by atoms with Gasteiger partial charge in [0.2, 0.25) is 15.9 Å². The molecule has 1 saturated heterocycles. The van der Waals surface area contributed by atoms with E-state index >= 15 is 0 Å². The molecule has 3 rings (SSSR count). The number of hydrogen-bond acceptors (Lipinski definition) is 5. The van der Waals surface area contributed by atoms with Gasteiger partial charge in [-0.05, 0) is 43.3 Å². The zero-order chi connectivity index (χ0) is 21.9. The van der Waals surface area contributed by atoms with E-state index in [1.807, 2.05) is 11.0 Å². The molecule has 0 unspecified atom stereocenters. The molecular formula is C20H20Cl2N4O3S. The van der Waals surface area contributed by atoms with Gasteiger partial charge < -0.3 is 5.32 Å². The lowest BCUT2D eigenvalue weighted by Crippen LogP contribution is -2.53. The summed E-state index contributed by atoms with van der Waals surface area (Å²) in [6.45, 7) is 3.01. The van der Waals surface area contributed by atoms with Crippen LogP contribution in [0.4, 0.5) is 5.69 Å². The highest BCUT2D eigenvalue weighted by Gasteiger charge is 2.33. The molecule has 0 saturated carbocycles. The molecule has 0 aliphatic carbocycles. The van der Waals surface area contributed by atoms with Crippen molar-refractivity contribution < 1.29 is 13.2 Å². The zero-order valence-corrected chi connectivity index (χ0v) is 18.5. The summed E-state index contributed by atoms with van der Waals surface area (Å²) in [5, 5.41) is 12.2.